The minimum absolute atomic E-state index is 0.140. The molecular formula is C7H7N3. The van der Waals surface area contributed by atoms with Crippen molar-refractivity contribution in [2.45, 2.75) is 12.5 Å². The maximum Gasteiger partial charge on any atom is 0.149 e. The number of allylic oxidation sites excluding steroid dienone is 1. The van der Waals surface area contributed by atoms with Crippen LogP contribution in [0.3, 0.4) is 0 Å². The molecule has 0 heterocycles. The maximum absolute atomic E-state index is 8.33. The van der Waals surface area contributed by atoms with Gasteiger partial charge in [0.1, 0.15) is 6.04 Å². The Kier molecular flexibility index (Phi) is 4.64. The summed E-state index contributed by atoms with van der Waals surface area (Å²) >= 11 is 0. The normalized spacial score (nSPS) is 11.8. The molecule has 0 N–H and O–H groups in total. The Balaban J connectivity index is 3.88. The molecule has 0 aromatic heterocycles. The van der Waals surface area contributed by atoms with E-state index in [9.17, 15) is 0 Å². The van der Waals surface area contributed by atoms with Gasteiger partial charge in [-0.2, -0.15) is 10.5 Å². The summed E-state index contributed by atoms with van der Waals surface area (Å²) < 4.78 is 0. The lowest BCUT2D eigenvalue weighted by Crippen LogP contribution is -1.97. The first-order chi connectivity index (χ1) is 4.85. The average molecular weight is 133 g/mol. The number of nitriles is 2. The zero-order valence-corrected chi connectivity index (χ0v) is 5.49. The molecule has 0 aromatic rings. The molecule has 1 atom stereocenters. The fraction of sp³-hybridized carbons (Fsp3) is 0.286. The lowest BCUT2D eigenvalue weighted by molar-refractivity contribution is 0.863. The topological polar surface area (TPSA) is 59.9 Å². The summed E-state index contributed by atoms with van der Waals surface area (Å²) in [6, 6.07) is 3.19. The number of rotatable bonds is 3. The molecule has 0 aliphatic heterocycles. The molecule has 0 radical (unpaired) electrons. The highest BCUT2D eigenvalue weighted by atomic mass is 14.8. The van der Waals surface area contributed by atoms with E-state index >= 15 is 0 Å². The Morgan fingerprint density at radius 3 is 2.70 bits per heavy atom. The van der Waals surface area contributed by atoms with E-state index in [-0.39, 0.29) is 6.42 Å². The Morgan fingerprint density at radius 1 is 1.60 bits per heavy atom. The standard InChI is InChI=1S/C7H7N3/c1-2-5-10-7(6-9)3-4-8/h2,5,7H,1,3H2. The van der Waals surface area contributed by atoms with E-state index in [0.717, 1.165) is 0 Å². The summed E-state index contributed by atoms with van der Waals surface area (Å²) in [5.74, 6) is 0. The van der Waals surface area contributed by atoms with Crippen LogP contribution in [0, 0.1) is 22.7 Å². The van der Waals surface area contributed by atoms with E-state index in [1.165, 1.54) is 12.3 Å². The number of hydrogen-bond acceptors (Lipinski definition) is 3. The van der Waals surface area contributed by atoms with E-state index in [1.807, 2.05) is 12.1 Å². The van der Waals surface area contributed by atoms with Crippen LogP contribution in [0.25, 0.3) is 0 Å². The highest BCUT2D eigenvalue weighted by Gasteiger charge is 1.99. The van der Waals surface area contributed by atoms with Crippen LogP contribution in [0.2, 0.25) is 0 Å². The maximum atomic E-state index is 8.33. The molecule has 0 aliphatic carbocycles. The molecule has 10 heavy (non-hydrogen) atoms. The molecule has 1 unspecified atom stereocenters. The van der Waals surface area contributed by atoms with E-state index in [1.54, 1.807) is 0 Å². The Bertz CT molecular complexity index is 204. The molecular weight excluding hydrogens is 126 g/mol. The van der Waals surface area contributed by atoms with Crippen molar-refractivity contribution in [2.24, 2.45) is 4.99 Å². The van der Waals surface area contributed by atoms with Crippen LogP contribution in [-0.2, 0) is 0 Å². The Labute approximate surface area is 59.9 Å². The van der Waals surface area contributed by atoms with E-state index in [4.69, 9.17) is 10.5 Å². The third-order valence-electron chi connectivity index (χ3n) is 0.805. The molecule has 0 amide bonds. The van der Waals surface area contributed by atoms with Gasteiger partial charge in [-0.05, 0) is 0 Å². The minimum Gasteiger partial charge on any atom is -0.274 e. The molecule has 0 fully saturated rings. The number of nitrogens with zero attached hydrogens (tertiary/aromatic N) is 3. The lowest BCUT2D eigenvalue weighted by atomic mass is 10.3. The first-order valence-electron chi connectivity index (χ1n) is 2.76. The predicted octanol–water partition coefficient (Wildman–Crippen LogP) is 1.05. The van der Waals surface area contributed by atoms with Crippen LogP contribution in [0.5, 0.6) is 0 Å². The van der Waals surface area contributed by atoms with Crippen LogP contribution < -0.4 is 0 Å². The summed E-state index contributed by atoms with van der Waals surface area (Å²) in [5.41, 5.74) is 0. The molecule has 0 saturated heterocycles. The highest BCUT2D eigenvalue weighted by Crippen LogP contribution is 1.92. The van der Waals surface area contributed by atoms with Crippen molar-refractivity contribution in [3.05, 3.63) is 12.7 Å². The fourth-order valence-electron chi connectivity index (χ4n) is 0.383. The molecule has 0 aliphatic rings. The minimum atomic E-state index is -0.539. The van der Waals surface area contributed by atoms with Gasteiger partial charge in [-0.1, -0.05) is 12.7 Å². The smallest absolute Gasteiger partial charge is 0.149 e. The summed E-state index contributed by atoms with van der Waals surface area (Å²) in [7, 11) is 0. The van der Waals surface area contributed by atoms with Crippen LogP contribution >= 0.6 is 0 Å². The lowest BCUT2D eigenvalue weighted by Gasteiger charge is -1.91. The van der Waals surface area contributed by atoms with Crippen molar-refractivity contribution in [2.75, 3.05) is 0 Å². The quantitative estimate of drug-likeness (QED) is 0.540. The van der Waals surface area contributed by atoms with Crippen LogP contribution in [0.4, 0.5) is 0 Å². The highest BCUT2D eigenvalue weighted by molar-refractivity contribution is 5.70. The van der Waals surface area contributed by atoms with E-state index in [2.05, 4.69) is 11.6 Å². The van der Waals surface area contributed by atoms with Gasteiger partial charge in [-0.25, -0.2) is 0 Å². The van der Waals surface area contributed by atoms with Gasteiger partial charge in [0.2, 0.25) is 0 Å². The predicted molar refractivity (Wildman–Crippen MR) is 38.3 cm³/mol. The summed E-state index contributed by atoms with van der Waals surface area (Å²) in [5, 5.41) is 16.5. The first kappa shape index (κ1) is 8.39. The number of hydrogen-bond donors (Lipinski definition) is 0. The van der Waals surface area contributed by atoms with Crippen molar-refractivity contribution in [3.8, 4) is 12.1 Å². The van der Waals surface area contributed by atoms with Gasteiger partial charge in [-0.15, -0.1) is 0 Å². The molecule has 3 nitrogen and oxygen atoms in total. The SMILES string of the molecule is C=CC=NC(C#N)CC#N. The van der Waals surface area contributed by atoms with Crippen molar-refractivity contribution >= 4 is 6.21 Å². The molecule has 0 aromatic carbocycles. The summed E-state index contributed by atoms with van der Waals surface area (Å²) in [4.78, 5) is 3.72. The second-order valence-electron chi connectivity index (χ2n) is 1.54. The summed E-state index contributed by atoms with van der Waals surface area (Å²) in [6.07, 6.45) is 3.04. The van der Waals surface area contributed by atoms with E-state index in [0.29, 0.717) is 0 Å². The van der Waals surface area contributed by atoms with Crippen LogP contribution in [0.1, 0.15) is 6.42 Å². The van der Waals surface area contributed by atoms with E-state index < -0.39 is 6.04 Å². The third-order valence-corrected chi connectivity index (χ3v) is 0.805. The van der Waals surface area contributed by atoms with Gasteiger partial charge in [0.25, 0.3) is 0 Å². The van der Waals surface area contributed by atoms with Crippen LogP contribution in [-0.4, -0.2) is 12.3 Å². The molecule has 0 saturated carbocycles. The van der Waals surface area contributed by atoms with Gasteiger partial charge in [0.15, 0.2) is 0 Å². The van der Waals surface area contributed by atoms with Crippen molar-refractivity contribution in [1.82, 2.24) is 0 Å². The Morgan fingerprint density at radius 2 is 2.30 bits per heavy atom. The summed E-state index contributed by atoms with van der Waals surface area (Å²) in [6.45, 7) is 3.39. The second kappa shape index (κ2) is 5.53. The zero-order valence-electron chi connectivity index (χ0n) is 5.49. The molecule has 0 spiro atoms. The van der Waals surface area contributed by atoms with Gasteiger partial charge in [-0.3, -0.25) is 4.99 Å². The molecule has 50 valence electrons. The van der Waals surface area contributed by atoms with Crippen molar-refractivity contribution < 1.29 is 0 Å². The molecule has 0 rings (SSSR count). The van der Waals surface area contributed by atoms with Crippen molar-refractivity contribution in [1.29, 1.82) is 10.5 Å². The molecule has 3 heteroatoms. The number of aliphatic imine (C=N–C) groups is 1. The molecule has 0 bridgehead atoms. The van der Waals surface area contributed by atoms with Gasteiger partial charge in [0.05, 0.1) is 18.6 Å². The van der Waals surface area contributed by atoms with Crippen LogP contribution in [0.15, 0.2) is 17.6 Å². The average Bonchev–Trinajstić information content (AvgIpc) is 1.98. The fourth-order valence-corrected chi connectivity index (χ4v) is 0.383. The van der Waals surface area contributed by atoms with Gasteiger partial charge in [0, 0.05) is 6.21 Å². The van der Waals surface area contributed by atoms with Crippen molar-refractivity contribution in [3.63, 3.8) is 0 Å². The Hall–Kier alpha value is -1.61. The monoisotopic (exact) mass is 133 g/mol. The zero-order chi connectivity index (χ0) is 7.82. The van der Waals surface area contributed by atoms with Gasteiger partial charge < -0.3 is 0 Å². The largest absolute Gasteiger partial charge is 0.274 e. The first-order valence-corrected chi connectivity index (χ1v) is 2.76. The van der Waals surface area contributed by atoms with Gasteiger partial charge >= 0.3 is 0 Å². The second-order valence-corrected chi connectivity index (χ2v) is 1.54. The third kappa shape index (κ3) is 3.40.